The lowest BCUT2D eigenvalue weighted by Gasteiger charge is -2.27. The Morgan fingerprint density at radius 3 is 1.95 bits per heavy atom. The van der Waals surface area contributed by atoms with Gasteiger partial charge in [0.05, 0.1) is 5.71 Å². The highest BCUT2D eigenvalue weighted by molar-refractivity contribution is 6.13. The second kappa shape index (κ2) is 6.66. The van der Waals surface area contributed by atoms with Gasteiger partial charge in [0.2, 0.25) is 0 Å². The van der Waals surface area contributed by atoms with Crippen molar-refractivity contribution in [1.29, 1.82) is 5.41 Å². The summed E-state index contributed by atoms with van der Waals surface area (Å²) in [5, 5.41) is 8.70. The van der Waals surface area contributed by atoms with Crippen LogP contribution in [-0.4, -0.2) is 5.71 Å². The molecule has 0 bridgehead atoms. The fourth-order valence-corrected chi connectivity index (χ4v) is 2.75. The molecule has 0 fully saturated rings. The summed E-state index contributed by atoms with van der Waals surface area (Å²) in [7, 11) is 0. The molecule has 1 nitrogen and oxygen atoms in total. The number of rotatable bonds is 2. The second-order valence-corrected chi connectivity index (χ2v) is 6.86. The van der Waals surface area contributed by atoms with Crippen LogP contribution in [0.1, 0.15) is 54.2 Å². The summed E-state index contributed by atoms with van der Waals surface area (Å²) in [6.45, 7) is 13.1. The van der Waals surface area contributed by atoms with Crippen LogP contribution >= 0.6 is 12.4 Å². The first-order valence-electron chi connectivity index (χ1n) is 7.49. The van der Waals surface area contributed by atoms with Gasteiger partial charge in [0.15, 0.2) is 0 Å². The van der Waals surface area contributed by atoms with Crippen LogP contribution < -0.4 is 0 Å². The van der Waals surface area contributed by atoms with Gasteiger partial charge in [-0.05, 0) is 48.4 Å². The van der Waals surface area contributed by atoms with Crippen molar-refractivity contribution in [1.82, 2.24) is 0 Å². The maximum absolute atomic E-state index is 8.70. The lowest BCUT2D eigenvalue weighted by Crippen LogP contribution is -2.20. The highest BCUT2D eigenvalue weighted by Crippen LogP contribution is 2.32. The van der Waals surface area contributed by atoms with Crippen molar-refractivity contribution in [2.24, 2.45) is 0 Å². The van der Waals surface area contributed by atoms with Crippen molar-refractivity contribution in [3.05, 3.63) is 69.8 Å². The molecule has 2 rings (SSSR count). The van der Waals surface area contributed by atoms with Crippen LogP contribution in [0.15, 0.2) is 36.4 Å². The molecule has 2 heteroatoms. The minimum atomic E-state index is 0. The van der Waals surface area contributed by atoms with E-state index in [1.165, 1.54) is 22.3 Å². The summed E-state index contributed by atoms with van der Waals surface area (Å²) >= 11 is 0. The summed E-state index contributed by atoms with van der Waals surface area (Å²) in [6.07, 6.45) is 0. The lowest BCUT2D eigenvalue weighted by molar-refractivity contribution is 0.587. The highest BCUT2D eigenvalue weighted by atomic mass is 35.5. The molecule has 22 heavy (non-hydrogen) atoms. The van der Waals surface area contributed by atoms with E-state index in [1.807, 2.05) is 30.3 Å². The molecule has 118 valence electrons. The molecule has 0 aliphatic carbocycles. The van der Waals surface area contributed by atoms with Crippen LogP contribution in [0, 0.1) is 26.2 Å². The van der Waals surface area contributed by atoms with Crippen LogP contribution in [0.4, 0.5) is 0 Å². The summed E-state index contributed by atoms with van der Waals surface area (Å²) in [5.41, 5.74) is 7.82. The van der Waals surface area contributed by atoms with E-state index in [9.17, 15) is 0 Å². The summed E-state index contributed by atoms with van der Waals surface area (Å²) in [4.78, 5) is 0. The number of hydrogen-bond acceptors (Lipinski definition) is 1. The van der Waals surface area contributed by atoms with Gasteiger partial charge in [-0.2, -0.15) is 0 Å². The molecule has 0 aromatic heterocycles. The Hall–Kier alpha value is -1.60. The van der Waals surface area contributed by atoms with Gasteiger partial charge in [0.1, 0.15) is 0 Å². The lowest BCUT2D eigenvalue weighted by atomic mass is 9.77. The maximum atomic E-state index is 8.70. The average Bonchev–Trinajstić information content (AvgIpc) is 2.43. The molecule has 0 heterocycles. The number of aryl methyl sites for hydroxylation is 1. The molecule has 2 aromatic rings. The highest BCUT2D eigenvalue weighted by Gasteiger charge is 2.24. The topological polar surface area (TPSA) is 23.9 Å². The first kappa shape index (κ1) is 18.4. The molecule has 0 aliphatic rings. The Balaban J connectivity index is 0.00000242. The zero-order valence-corrected chi connectivity index (χ0v) is 15.2. The van der Waals surface area contributed by atoms with Crippen molar-refractivity contribution in [2.75, 3.05) is 0 Å². The largest absolute Gasteiger partial charge is 0.300 e. The molecule has 0 spiro atoms. The third-order valence-corrected chi connectivity index (χ3v) is 4.28. The molecule has 0 unspecified atom stereocenters. The van der Waals surface area contributed by atoms with E-state index in [4.69, 9.17) is 5.41 Å². The monoisotopic (exact) mass is 315 g/mol. The van der Waals surface area contributed by atoms with Crippen LogP contribution in [0.2, 0.25) is 0 Å². The van der Waals surface area contributed by atoms with Crippen LogP contribution in [0.5, 0.6) is 0 Å². The first-order valence-corrected chi connectivity index (χ1v) is 7.49. The summed E-state index contributed by atoms with van der Waals surface area (Å²) in [5.74, 6) is 0. The molecule has 1 N–H and O–H groups in total. The van der Waals surface area contributed by atoms with Gasteiger partial charge >= 0.3 is 0 Å². The third kappa shape index (κ3) is 3.41. The summed E-state index contributed by atoms with van der Waals surface area (Å²) in [6, 6.07) is 12.3. The van der Waals surface area contributed by atoms with Gasteiger partial charge in [-0.1, -0.05) is 57.2 Å². The van der Waals surface area contributed by atoms with E-state index < -0.39 is 0 Å². The molecular formula is C20H26ClN. The molecule has 0 amide bonds. The van der Waals surface area contributed by atoms with Crippen molar-refractivity contribution in [2.45, 2.75) is 47.0 Å². The van der Waals surface area contributed by atoms with E-state index >= 15 is 0 Å². The molecule has 0 saturated heterocycles. The van der Waals surface area contributed by atoms with E-state index in [2.05, 4.69) is 47.6 Å². The fraction of sp³-hybridized carbons (Fsp3) is 0.350. The molecule has 0 radical (unpaired) electrons. The van der Waals surface area contributed by atoms with Crippen molar-refractivity contribution in [3.63, 3.8) is 0 Å². The smallest absolute Gasteiger partial charge is 0.0690 e. The Morgan fingerprint density at radius 1 is 0.909 bits per heavy atom. The Kier molecular flexibility index (Phi) is 5.59. The van der Waals surface area contributed by atoms with Crippen molar-refractivity contribution in [3.8, 4) is 0 Å². The Labute approximate surface area is 140 Å². The minimum Gasteiger partial charge on any atom is -0.300 e. The zero-order valence-electron chi connectivity index (χ0n) is 14.4. The van der Waals surface area contributed by atoms with Crippen LogP contribution in [0.3, 0.4) is 0 Å². The molecular weight excluding hydrogens is 290 g/mol. The average molecular weight is 316 g/mol. The Morgan fingerprint density at radius 2 is 1.45 bits per heavy atom. The molecule has 0 aliphatic heterocycles. The van der Waals surface area contributed by atoms with Crippen molar-refractivity contribution < 1.29 is 0 Å². The minimum absolute atomic E-state index is 0. The van der Waals surface area contributed by atoms with Gasteiger partial charge in [-0.3, -0.25) is 5.41 Å². The van der Waals surface area contributed by atoms with Gasteiger partial charge in [-0.15, -0.1) is 12.4 Å². The van der Waals surface area contributed by atoms with Crippen LogP contribution in [-0.2, 0) is 5.41 Å². The molecule has 2 aromatic carbocycles. The number of benzene rings is 2. The van der Waals surface area contributed by atoms with Crippen LogP contribution in [0.25, 0.3) is 0 Å². The number of halogens is 1. The molecule has 0 saturated carbocycles. The van der Waals surface area contributed by atoms with E-state index in [0.29, 0.717) is 5.71 Å². The van der Waals surface area contributed by atoms with E-state index in [1.54, 1.807) is 0 Å². The van der Waals surface area contributed by atoms with Gasteiger partial charge < -0.3 is 0 Å². The number of nitrogens with one attached hydrogen (secondary N) is 1. The molecule has 0 atom stereocenters. The first-order chi connectivity index (χ1) is 9.73. The third-order valence-electron chi connectivity index (χ3n) is 4.28. The van der Waals surface area contributed by atoms with E-state index in [-0.39, 0.29) is 17.8 Å². The number of hydrogen-bond donors (Lipinski definition) is 1. The van der Waals surface area contributed by atoms with Gasteiger partial charge in [0.25, 0.3) is 0 Å². The zero-order chi connectivity index (χ0) is 15.8. The second-order valence-electron chi connectivity index (χ2n) is 6.86. The van der Waals surface area contributed by atoms with E-state index in [0.717, 1.165) is 11.1 Å². The quantitative estimate of drug-likeness (QED) is 0.682. The van der Waals surface area contributed by atoms with Gasteiger partial charge in [-0.25, -0.2) is 0 Å². The SMILES string of the molecule is Cc1cc(C(C)(C)C)c(C(=N)c2ccccc2)c(C)c1C.Cl. The fourth-order valence-electron chi connectivity index (χ4n) is 2.75. The normalized spacial score (nSPS) is 11.0. The maximum Gasteiger partial charge on any atom is 0.0690 e. The van der Waals surface area contributed by atoms with Crippen molar-refractivity contribution >= 4 is 18.1 Å². The Bertz CT molecular complexity index is 679. The predicted octanol–water partition coefficient (Wildman–Crippen LogP) is 5.75. The summed E-state index contributed by atoms with van der Waals surface area (Å²) < 4.78 is 0. The standard InChI is InChI=1S/C20H25N.ClH/c1-13-12-17(20(4,5)6)18(15(3)14(13)2)19(21)16-10-8-7-9-11-16;/h7-12,21H,1-6H3;1H. The van der Waals surface area contributed by atoms with Gasteiger partial charge in [0, 0.05) is 11.1 Å². The predicted molar refractivity (Wildman–Crippen MR) is 99.0 cm³/mol.